The summed E-state index contributed by atoms with van der Waals surface area (Å²) in [7, 11) is 1.46. The van der Waals surface area contributed by atoms with E-state index in [1.165, 1.54) is 25.2 Å². The predicted octanol–water partition coefficient (Wildman–Crippen LogP) is 1.30. The maximum absolute atomic E-state index is 11.9. The summed E-state index contributed by atoms with van der Waals surface area (Å²) >= 11 is 5.83. The van der Waals surface area contributed by atoms with Gasteiger partial charge >= 0.3 is 0 Å². The van der Waals surface area contributed by atoms with Gasteiger partial charge in [0, 0.05) is 23.4 Å². The van der Waals surface area contributed by atoms with E-state index >= 15 is 0 Å². The van der Waals surface area contributed by atoms with E-state index in [0.717, 1.165) is 0 Å². The lowest BCUT2D eigenvalue weighted by Gasteiger charge is -2.10. The van der Waals surface area contributed by atoms with E-state index in [4.69, 9.17) is 11.6 Å². The molecule has 0 unspecified atom stereocenters. The molecule has 1 aromatic rings. The first-order chi connectivity index (χ1) is 9.43. The zero-order valence-corrected chi connectivity index (χ0v) is 11.3. The van der Waals surface area contributed by atoms with Gasteiger partial charge in [0.15, 0.2) is 0 Å². The number of nitro groups is 1. The minimum atomic E-state index is -0.836. The fourth-order valence-electron chi connectivity index (χ4n) is 1.87. The van der Waals surface area contributed by atoms with Crippen LogP contribution in [0.15, 0.2) is 18.2 Å². The maximum Gasteiger partial charge on any atom is 0.253 e. The van der Waals surface area contributed by atoms with E-state index in [-0.39, 0.29) is 23.6 Å². The van der Waals surface area contributed by atoms with E-state index in [9.17, 15) is 19.7 Å². The number of amides is 2. The van der Waals surface area contributed by atoms with Crippen LogP contribution in [0.1, 0.15) is 16.8 Å². The Hall–Kier alpha value is -2.15. The predicted molar refractivity (Wildman–Crippen MR) is 72.4 cm³/mol. The molecule has 1 saturated carbocycles. The summed E-state index contributed by atoms with van der Waals surface area (Å²) in [5.41, 5.74) is 0.499. The number of nitrogens with zero attached hydrogens (tertiary/aromatic N) is 1. The van der Waals surface area contributed by atoms with Crippen LogP contribution in [0.25, 0.3) is 0 Å². The minimum Gasteiger partial charge on any atom is -0.355 e. The second-order valence-corrected chi connectivity index (χ2v) is 4.89. The van der Waals surface area contributed by atoms with Crippen molar-refractivity contribution in [2.75, 3.05) is 12.4 Å². The fourth-order valence-corrected chi connectivity index (χ4v) is 2.05. The lowest BCUT2D eigenvalue weighted by Crippen LogP contribution is -2.23. The van der Waals surface area contributed by atoms with Crippen molar-refractivity contribution in [3.63, 3.8) is 0 Å². The Morgan fingerprint density at radius 3 is 2.70 bits per heavy atom. The van der Waals surface area contributed by atoms with Gasteiger partial charge in [-0.2, -0.15) is 0 Å². The van der Waals surface area contributed by atoms with Gasteiger partial charge < -0.3 is 10.6 Å². The molecule has 8 heteroatoms. The van der Waals surface area contributed by atoms with E-state index in [2.05, 4.69) is 10.6 Å². The number of hydrogen-bond donors (Lipinski definition) is 2. The van der Waals surface area contributed by atoms with Crippen LogP contribution in [0.2, 0.25) is 5.02 Å². The molecule has 1 aliphatic carbocycles. The third-order valence-electron chi connectivity index (χ3n) is 3.08. The van der Waals surface area contributed by atoms with Crippen LogP contribution in [-0.4, -0.2) is 29.8 Å². The first-order valence-electron chi connectivity index (χ1n) is 5.90. The summed E-state index contributed by atoms with van der Waals surface area (Å²) in [4.78, 5) is 33.6. The Labute approximate surface area is 119 Å². The molecule has 0 bridgehead atoms. The van der Waals surface area contributed by atoms with E-state index in [0.29, 0.717) is 5.02 Å². The van der Waals surface area contributed by atoms with Crippen molar-refractivity contribution < 1.29 is 14.5 Å². The number of benzene rings is 1. The Morgan fingerprint density at radius 1 is 1.45 bits per heavy atom. The summed E-state index contributed by atoms with van der Waals surface area (Å²) in [5, 5.41) is 15.9. The molecule has 2 rings (SSSR count). The van der Waals surface area contributed by atoms with Crippen molar-refractivity contribution in [3.8, 4) is 0 Å². The normalized spacial score (nSPS) is 20.1. The number of anilines is 1. The average Bonchev–Trinajstić information content (AvgIpc) is 3.18. The van der Waals surface area contributed by atoms with Crippen LogP contribution in [0, 0.1) is 16.0 Å². The van der Waals surface area contributed by atoms with E-state index in [1.807, 2.05) is 0 Å². The topological polar surface area (TPSA) is 101 Å². The van der Waals surface area contributed by atoms with Gasteiger partial charge in [-0.25, -0.2) is 0 Å². The summed E-state index contributed by atoms with van der Waals surface area (Å²) in [6.45, 7) is 0. The van der Waals surface area contributed by atoms with Gasteiger partial charge in [-0.15, -0.1) is 0 Å². The summed E-state index contributed by atoms with van der Waals surface area (Å²) in [5.74, 6) is -1.50. The Morgan fingerprint density at radius 2 is 2.15 bits per heavy atom. The SMILES string of the molecule is CNC(=O)c1ccc(Cl)cc1NC(=O)[C@H]1C[C@H]1[N+](=O)[O-]. The van der Waals surface area contributed by atoms with Crippen molar-refractivity contribution in [2.24, 2.45) is 5.92 Å². The van der Waals surface area contributed by atoms with Crippen LogP contribution >= 0.6 is 11.6 Å². The summed E-state index contributed by atoms with van der Waals surface area (Å²) in [6.07, 6.45) is 0.217. The van der Waals surface area contributed by atoms with Crippen molar-refractivity contribution in [1.29, 1.82) is 0 Å². The molecule has 2 amide bonds. The van der Waals surface area contributed by atoms with Crippen molar-refractivity contribution in [2.45, 2.75) is 12.5 Å². The molecule has 0 heterocycles. The van der Waals surface area contributed by atoms with Crippen LogP contribution in [-0.2, 0) is 4.79 Å². The molecule has 2 atom stereocenters. The van der Waals surface area contributed by atoms with E-state index in [1.54, 1.807) is 0 Å². The standard InChI is InChI=1S/C12H12ClN3O4/c1-14-11(17)7-3-2-6(13)4-9(7)15-12(18)8-5-10(8)16(19)20/h2-4,8,10H,5H2,1H3,(H,14,17)(H,15,18)/t8-,10+/m0/s1. The Kier molecular flexibility index (Phi) is 3.89. The highest BCUT2D eigenvalue weighted by atomic mass is 35.5. The smallest absolute Gasteiger partial charge is 0.253 e. The Bertz CT molecular complexity index is 590. The van der Waals surface area contributed by atoms with Crippen LogP contribution in [0.5, 0.6) is 0 Å². The summed E-state index contributed by atoms with van der Waals surface area (Å²) in [6, 6.07) is 3.61. The number of carbonyl (C=O) groups is 2. The maximum atomic E-state index is 11.9. The average molecular weight is 298 g/mol. The highest BCUT2D eigenvalue weighted by Crippen LogP contribution is 2.34. The molecule has 1 aromatic carbocycles. The first-order valence-corrected chi connectivity index (χ1v) is 6.28. The van der Waals surface area contributed by atoms with Gasteiger partial charge in [-0.1, -0.05) is 11.6 Å². The van der Waals surface area contributed by atoms with Crippen molar-refractivity contribution in [3.05, 3.63) is 38.9 Å². The molecular weight excluding hydrogens is 286 g/mol. The quantitative estimate of drug-likeness (QED) is 0.646. The molecular formula is C12H12ClN3O4. The van der Waals surface area contributed by atoms with Crippen LogP contribution in [0.3, 0.4) is 0 Å². The van der Waals surface area contributed by atoms with Gasteiger partial charge in [-0.05, 0) is 18.2 Å². The molecule has 7 nitrogen and oxygen atoms in total. The van der Waals surface area contributed by atoms with Crippen molar-refractivity contribution in [1.82, 2.24) is 5.32 Å². The molecule has 0 spiro atoms. The Balaban J connectivity index is 2.16. The van der Waals surface area contributed by atoms with Gasteiger partial charge in [-0.3, -0.25) is 19.7 Å². The molecule has 1 aliphatic rings. The minimum absolute atomic E-state index is 0.217. The molecule has 2 N–H and O–H groups in total. The number of carbonyl (C=O) groups excluding carboxylic acids is 2. The molecule has 1 fully saturated rings. The van der Waals surface area contributed by atoms with Crippen molar-refractivity contribution >= 4 is 29.1 Å². The first kappa shape index (κ1) is 14.3. The van der Waals surface area contributed by atoms with Gasteiger partial charge in [0.2, 0.25) is 11.9 Å². The van der Waals surface area contributed by atoms with E-state index < -0.39 is 22.8 Å². The molecule has 0 aromatic heterocycles. The third kappa shape index (κ3) is 2.88. The van der Waals surface area contributed by atoms with Gasteiger partial charge in [0.1, 0.15) is 5.92 Å². The third-order valence-corrected chi connectivity index (χ3v) is 3.31. The zero-order valence-electron chi connectivity index (χ0n) is 10.6. The largest absolute Gasteiger partial charge is 0.355 e. The summed E-state index contributed by atoms with van der Waals surface area (Å²) < 4.78 is 0. The van der Waals surface area contributed by atoms with Crippen LogP contribution in [0.4, 0.5) is 5.69 Å². The second-order valence-electron chi connectivity index (χ2n) is 4.45. The molecule has 106 valence electrons. The molecule has 0 aliphatic heterocycles. The lowest BCUT2D eigenvalue weighted by atomic mass is 10.1. The number of nitrogens with one attached hydrogen (secondary N) is 2. The molecule has 0 radical (unpaired) electrons. The van der Waals surface area contributed by atoms with Gasteiger partial charge in [0.25, 0.3) is 5.91 Å². The van der Waals surface area contributed by atoms with Crippen LogP contribution < -0.4 is 10.6 Å². The highest BCUT2D eigenvalue weighted by molar-refractivity contribution is 6.31. The lowest BCUT2D eigenvalue weighted by molar-refractivity contribution is -0.497. The molecule has 0 saturated heterocycles. The number of rotatable bonds is 4. The fraction of sp³-hybridized carbons (Fsp3) is 0.333. The second kappa shape index (κ2) is 5.46. The highest BCUT2D eigenvalue weighted by Gasteiger charge is 2.53. The number of hydrogen-bond acceptors (Lipinski definition) is 4. The number of halogens is 1. The zero-order chi connectivity index (χ0) is 14.9. The molecule has 20 heavy (non-hydrogen) atoms. The van der Waals surface area contributed by atoms with Gasteiger partial charge in [0.05, 0.1) is 11.3 Å². The monoisotopic (exact) mass is 297 g/mol.